The van der Waals surface area contributed by atoms with Gasteiger partial charge in [0.2, 0.25) is 5.91 Å². The Balaban J connectivity index is 2.19. The second kappa shape index (κ2) is 9.50. The van der Waals surface area contributed by atoms with Gasteiger partial charge in [-0.15, -0.1) is 0 Å². The van der Waals surface area contributed by atoms with Gasteiger partial charge in [0.1, 0.15) is 0 Å². The van der Waals surface area contributed by atoms with Gasteiger partial charge in [-0.1, -0.05) is 30.3 Å². The molecule has 0 aromatic heterocycles. The number of hydrogen-bond acceptors (Lipinski definition) is 4. The number of nitrogens with zero attached hydrogens (tertiary/aromatic N) is 1. The molecule has 0 saturated carbocycles. The third-order valence-corrected chi connectivity index (χ3v) is 3.36. The van der Waals surface area contributed by atoms with Gasteiger partial charge in [-0.05, 0) is 19.4 Å². The van der Waals surface area contributed by atoms with Crippen molar-refractivity contribution in [2.24, 2.45) is 0 Å². The SMILES string of the molecule is CCN(C)C(=O)CNCC(O)COC(C)c1ccccc1. The van der Waals surface area contributed by atoms with Gasteiger partial charge in [-0.3, -0.25) is 4.79 Å². The van der Waals surface area contributed by atoms with Crippen LogP contribution in [-0.2, 0) is 9.53 Å². The molecule has 5 heteroatoms. The van der Waals surface area contributed by atoms with E-state index in [2.05, 4.69) is 5.32 Å². The number of aliphatic hydroxyl groups excluding tert-OH is 1. The van der Waals surface area contributed by atoms with Crippen LogP contribution in [0.15, 0.2) is 30.3 Å². The Kier molecular flexibility index (Phi) is 7.97. The summed E-state index contributed by atoms with van der Waals surface area (Å²) in [6, 6.07) is 9.87. The maximum absolute atomic E-state index is 11.6. The molecule has 0 aliphatic heterocycles. The van der Waals surface area contributed by atoms with Crippen molar-refractivity contribution in [3.8, 4) is 0 Å². The fraction of sp³-hybridized carbons (Fsp3) is 0.562. The third kappa shape index (κ3) is 6.71. The lowest BCUT2D eigenvalue weighted by Gasteiger charge is -2.18. The predicted molar refractivity (Wildman–Crippen MR) is 83.0 cm³/mol. The first-order valence-corrected chi connectivity index (χ1v) is 7.33. The lowest BCUT2D eigenvalue weighted by molar-refractivity contribution is -0.128. The lowest BCUT2D eigenvalue weighted by atomic mass is 10.1. The number of ether oxygens (including phenoxy) is 1. The number of amides is 1. The molecule has 1 amide bonds. The molecule has 1 aromatic carbocycles. The van der Waals surface area contributed by atoms with E-state index in [9.17, 15) is 9.90 Å². The summed E-state index contributed by atoms with van der Waals surface area (Å²) in [5.41, 5.74) is 1.08. The average molecular weight is 294 g/mol. The van der Waals surface area contributed by atoms with E-state index >= 15 is 0 Å². The maximum atomic E-state index is 11.6. The minimum Gasteiger partial charge on any atom is -0.389 e. The number of carbonyl (C=O) groups excluding carboxylic acids is 1. The Bertz CT molecular complexity index is 411. The predicted octanol–water partition coefficient (Wildman–Crippen LogP) is 1.19. The Morgan fingerprint density at radius 1 is 1.38 bits per heavy atom. The van der Waals surface area contributed by atoms with E-state index in [4.69, 9.17) is 4.74 Å². The quantitative estimate of drug-likeness (QED) is 0.718. The van der Waals surface area contributed by atoms with E-state index in [-0.39, 0.29) is 25.2 Å². The maximum Gasteiger partial charge on any atom is 0.236 e. The summed E-state index contributed by atoms with van der Waals surface area (Å²) in [4.78, 5) is 13.2. The zero-order valence-corrected chi connectivity index (χ0v) is 13.1. The van der Waals surface area contributed by atoms with E-state index in [1.54, 1.807) is 11.9 Å². The van der Waals surface area contributed by atoms with Gasteiger partial charge in [-0.25, -0.2) is 0 Å². The normalized spacial score (nSPS) is 13.7. The van der Waals surface area contributed by atoms with Crippen molar-refractivity contribution in [2.45, 2.75) is 26.1 Å². The first-order valence-electron chi connectivity index (χ1n) is 7.33. The number of carbonyl (C=O) groups is 1. The van der Waals surface area contributed by atoms with Gasteiger partial charge >= 0.3 is 0 Å². The Hall–Kier alpha value is -1.43. The monoisotopic (exact) mass is 294 g/mol. The fourth-order valence-electron chi connectivity index (χ4n) is 1.79. The summed E-state index contributed by atoms with van der Waals surface area (Å²) in [7, 11) is 1.76. The molecule has 0 heterocycles. The van der Waals surface area contributed by atoms with Crippen molar-refractivity contribution in [1.29, 1.82) is 0 Å². The van der Waals surface area contributed by atoms with E-state index < -0.39 is 6.10 Å². The van der Waals surface area contributed by atoms with E-state index in [0.29, 0.717) is 13.1 Å². The number of rotatable bonds is 9. The number of likely N-dealkylation sites (N-methyl/N-ethyl adjacent to an activating group) is 1. The van der Waals surface area contributed by atoms with Gasteiger partial charge in [0, 0.05) is 20.1 Å². The van der Waals surface area contributed by atoms with Crippen molar-refractivity contribution in [1.82, 2.24) is 10.2 Å². The van der Waals surface area contributed by atoms with Crippen LogP contribution in [0.25, 0.3) is 0 Å². The molecule has 2 atom stereocenters. The number of nitrogens with one attached hydrogen (secondary N) is 1. The topological polar surface area (TPSA) is 61.8 Å². The van der Waals surface area contributed by atoms with Gasteiger partial charge < -0.3 is 20.1 Å². The summed E-state index contributed by atoms with van der Waals surface area (Å²) in [5, 5.41) is 12.8. The van der Waals surface area contributed by atoms with Crippen LogP contribution in [0.3, 0.4) is 0 Å². The summed E-state index contributed by atoms with van der Waals surface area (Å²) in [6.45, 7) is 5.36. The Morgan fingerprint density at radius 2 is 2.05 bits per heavy atom. The first kappa shape index (κ1) is 17.6. The smallest absolute Gasteiger partial charge is 0.236 e. The molecular weight excluding hydrogens is 268 g/mol. The third-order valence-electron chi connectivity index (χ3n) is 3.36. The van der Waals surface area contributed by atoms with E-state index in [0.717, 1.165) is 5.56 Å². The molecule has 1 rings (SSSR count). The highest BCUT2D eigenvalue weighted by Gasteiger charge is 2.11. The molecule has 5 nitrogen and oxygen atoms in total. The fourth-order valence-corrected chi connectivity index (χ4v) is 1.79. The number of benzene rings is 1. The summed E-state index contributed by atoms with van der Waals surface area (Å²) in [6.07, 6.45) is -0.690. The largest absolute Gasteiger partial charge is 0.389 e. The summed E-state index contributed by atoms with van der Waals surface area (Å²) in [5.74, 6) is 0.0169. The van der Waals surface area contributed by atoms with Crippen LogP contribution >= 0.6 is 0 Å². The van der Waals surface area contributed by atoms with Gasteiger partial charge in [0.25, 0.3) is 0 Å². The standard InChI is InChI=1S/C16H26N2O3/c1-4-18(3)16(20)11-17-10-15(19)12-21-13(2)14-8-6-5-7-9-14/h5-9,13,15,17,19H,4,10-12H2,1-3H3. The van der Waals surface area contributed by atoms with Crippen molar-refractivity contribution >= 4 is 5.91 Å². The van der Waals surface area contributed by atoms with Crippen LogP contribution in [0.4, 0.5) is 0 Å². The lowest BCUT2D eigenvalue weighted by Crippen LogP contribution is -2.39. The van der Waals surface area contributed by atoms with Crippen LogP contribution < -0.4 is 5.32 Å². The zero-order chi connectivity index (χ0) is 15.7. The average Bonchev–Trinajstić information content (AvgIpc) is 2.52. The van der Waals surface area contributed by atoms with E-state index in [1.807, 2.05) is 44.2 Å². The van der Waals surface area contributed by atoms with Gasteiger partial charge in [-0.2, -0.15) is 0 Å². The molecule has 0 spiro atoms. The molecule has 0 bridgehead atoms. The number of hydrogen-bond donors (Lipinski definition) is 2. The van der Waals surface area contributed by atoms with Crippen molar-refractivity contribution < 1.29 is 14.6 Å². The van der Waals surface area contributed by atoms with Crippen molar-refractivity contribution in [3.63, 3.8) is 0 Å². The summed E-state index contributed by atoms with van der Waals surface area (Å²) < 4.78 is 5.63. The molecular formula is C16H26N2O3. The molecule has 0 aliphatic rings. The molecule has 1 aromatic rings. The highest BCUT2D eigenvalue weighted by atomic mass is 16.5. The zero-order valence-electron chi connectivity index (χ0n) is 13.1. The van der Waals surface area contributed by atoms with Gasteiger partial charge in [0.15, 0.2) is 0 Å². The molecule has 0 radical (unpaired) electrons. The van der Waals surface area contributed by atoms with Crippen LogP contribution in [0.5, 0.6) is 0 Å². The van der Waals surface area contributed by atoms with Crippen molar-refractivity contribution in [3.05, 3.63) is 35.9 Å². The Morgan fingerprint density at radius 3 is 2.67 bits per heavy atom. The second-order valence-corrected chi connectivity index (χ2v) is 5.08. The minimum atomic E-state index is -0.629. The van der Waals surface area contributed by atoms with Crippen LogP contribution in [0, 0.1) is 0 Å². The molecule has 2 N–H and O–H groups in total. The molecule has 0 fully saturated rings. The minimum absolute atomic E-state index is 0.0169. The first-order chi connectivity index (χ1) is 10.0. The summed E-state index contributed by atoms with van der Waals surface area (Å²) >= 11 is 0. The van der Waals surface area contributed by atoms with Gasteiger partial charge in [0.05, 0.1) is 25.4 Å². The number of aliphatic hydroxyl groups is 1. The molecule has 118 valence electrons. The highest BCUT2D eigenvalue weighted by molar-refractivity contribution is 5.77. The molecule has 0 saturated heterocycles. The molecule has 2 unspecified atom stereocenters. The molecule has 21 heavy (non-hydrogen) atoms. The van der Waals surface area contributed by atoms with E-state index in [1.165, 1.54) is 0 Å². The van der Waals surface area contributed by atoms with Crippen LogP contribution in [0.2, 0.25) is 0 Å². The van der Waals surface area contributed by atoms with Crippen LogP contribution in [0.1, 0.15) is 25.5 Å². The van der Waals surface area contributed by atoms with Crippen LogP contribution in [-0.4, -0.2) is 55.3 Å². The molecule has 0 aliphatic carbocycles. The van der Waals surface area contributed by atoms with Crippen molar-refractivity contribution in [2.75, 3.05) is 33.3 Å². The Labute approximate surface area is 126 Å². The second-order valence-electron chi connectivity index (χ2n) is 5.08. The highest BCUT2D eigenvalue weighted by Crippen LogP contribution is 2.15.